The van der Waals surface area contributed by atoms with E-state index in [9.17, 15) is 9.18 Å². The summed E-state index contributed by atoms with van der Waals surface area (Å²) in [7, 11) is 1.50. The standard InChI is InChI=1S/C15H13ClFNO2/c1-9-6-7-13(20-2)12(8-9)18-15(19)14-10(16)4-3-5-11(14)17/h3-8H,1-2H3,(H,18,19). The molecule has 2 rings (SSSR count). The monoisotopic (exact) mass is 293 g/mol. The number of hydrogen-bond acceptors (Lipinski definition) is 2. The van der Waals surface area contributed by atoms with E-state index < -0.39 is 11.7 Å². The molecule has 5 heteroatoms. The Kier molecular flexibility index (Phi) is 4.25. The molecule has 2 aromatic carbocycles. The van der Waals surface area contributed by atoms with E-state index in [1.54, 1.807) is 12.1 Å². The third-order valence-electron chi connectivity index (χ3n) is 2.79. The zero-order valence-corrected chi connectivity index (χ0v) is 11.8. The molecule has 2 aromatic rings. The first-order valence-corrected chi connectivity index (χ1v) is 6.30. The van der Waals surface area contributed by atoms with Gasteiger partial charge in [0.05, 0.1) is 23.4 Å². The van der Waals surface area contributed by atoms with Gasteiger partial charge in [-0.2, -0.15) is 0 Å². The van der Waals surface area contributed by atoms with Crippen molar-refractivity contribution in [3.05, 3.63) is 58.4 Å². The van der Waals surface area contributed by atoms with Crippen molar-refractivity contribution in [3.63, 3.8) is 0 Å². The highest BCUT2D eigenvalue weighted by Gasteiger charge is 2.17. The van der Waals surface area contributed by atoms with Crippen molar-refractivity contribution >= 4 is 23.2 Å². The van der Waals surface area contributed by atoms with E-state index in [1.807, 2.05) is 13.0 Å². The fourth-order valence-electron chi connectivity index (χ4n) is 1.82. The predicted octanol–water partition coefficient (Wildman–Crippen LogP) is 4.05. The minimum Gasteiger partial charge on any atom is -0.495 e. The van der Waals surface area contributed by atoms with E-state index in [4.69, 9.17) is 16.3 Å². The fourth-order valence-corrected chi connectivity index (χ4v) is 2.07. The minimum atomic E-state index is -0.665. The first-order valence-electron chi connectivity index (χ1n) is 5.93. The fraction of sp³-hybridized carbons (Fsp3) is 0.133. The van der Waals surface area contributed by atoms with Gasteiger partial charge >= 0.3 is 0 Å². The molecule has 0 bridgehead atoms. The molecular formula is C15H13ClFNO2. The summed E-state index contributed by atoms with van der Waals surface area (Å²) in [5.41, 5.74) is 1.23. The molecule has 104 valence electrons. The van der Waals surface area contributed by atoms with E-state index >= 15 is 0 Å². The lowest BCUT2D eigenvalue weighted by atomic mass is 10.1. The highest BCUT2D eigenvalue weighted by Crippen LogP contribution is 2.27. The van der Waals surface area contributed by atoms with Gasteiger partial charge in [0.25, 0.3) is 5.91 Å². The largest absolute Gasteiger partial charge is 0.495 e. The molecule has 0 heterocycles. The first-order chi connectivity index (χ1) is 9.52. The summed E-state index contributed by atoms with van der Waals surface area (Å²) in [5.74, 6) is -0.782. The lowest BCUT2D eigenvalue weighted by molar-refractivity contribution is 0.102. The number of hydrogen-bond donors (Lipinski definition) is 1. The quantitative estimate of drug-likeness (QED) is 0.927. The van der Waals surface area contributed by atoms with E-state index in [0.717, 1.165) is 5.56 Å². The maximum absolute atomic E-state index is 13.7. The molecule has 0 saturated heterocycles. The molecule has 0 atom stereocenters. The molecule has 0 unspecified atom stereocenters. The maximum atomic E-state index is 13.7. The number of halogens is 2. The Bertz CT molecular complexity index is 638. The van der Waals surface area contributed by atoms with Gasteiger partial charge in [-0.3, -0.25) is 4.79 Å². The Morgan fingerprint density at radius 1 is 1.30 bits per heavy atom. The molecule has 3 nitrogen and oxygen atoms in total. The topological polar surface area (TPSA) is 38.3 Å². The second-order valence-electron chi connectivity index (χ2n) is 4.25. The molecule has 0 radical (unpaired) electrons. The zero-order chi connectivity index (χ0) is 14.7. The van der Waals surface area contributed by atoms with Gasteiger partial charge in [-0.25, -0.2) is 4.39 Å². The summed E-state index contributed by atoms with van der Waals surface area (Å²) in [5, 5.41) is 2.68. The molecule has 1 N–H and O–H groups in total. The van der Waals surface area contributed by atoms with Gasteiger partial charge < -0.3 is 10.1 Å². The number of aryl methyl sites for hydroxylation is 1. The van der Waals surface area contributed by atoms with Gasteiger partial charge in [0.1, 0.15) is 11.6 Å². The average Bonchev–Trinajstić information content (AvgIpc) is 2.38. The molecule has 0 saturated carbocycles. The van der Waals surface area contributed by atoms with Crippen LogP contribution in [0.25, 0.3) is 0 Å². The van der Waals surface area contributed by atoms with E-state index in [0.29, 0.717) is 11.4 Å². The van der Waals surface area contributed by atoms with Crippen LogP contribution in [0.15, 0.2) is 36.4 Å². The van der Waals surface area contributed by atoms with Crippen LogP contribution in [0.4, 0.5) is 10.1 Å². The highest BCUT2D eigenvalue weighted by atomic mass is 35.5. The summed E-state index contributed by atoms with van der Waals surface area (Å²) < 4.78 is 18.8. The molecule has 0 aliphatic rings. The Balaban J connectivity index is 2.35. The number of anilines is 1. The van der Waals surface area contributed by atoms with E-state index in [1.165, 1.54) is 25.3 Å². The first kappa shape index (κ1) is 14.3. The number of carbonyl (C=O) groups is 1. The number of carbonyl (C=O) groups excluding carboxylic acids is 1. The minimum absolute atomic E-state index is 0.0640. The lowest BCUT2D eigenvalue weighted by Gasteiger charge is -2.12. The van der Waals surface area contributed by atoms with Gasteiger partial charge in [-0.1, -0.05) is 23.7 Å². The summed E-state index contributed by atoms with van der Waals surface area (Å²) in [6, 6.07) is 9.42. The van der Waals surface area contributed by atoms with Gasteiger partial charge in [0.15, 0.2) is 0 Å². The summed E-state index contributed by atoms with van der Waals surface area (Å²) in [4.78, 5) is 12.1. The number of benzene rings is 2. The van der Waals surface area contributed by atoms with E-state index in [-0.39, 0.29) is 10.6 Å². The van der Waals surface area contributed by atoms with Crippen LogP contribution >= 0.6 is 11.6 Å². The number of ether oxygens (including phenoxy) is 1. The van der Waals surface area contributed by atoms with Crippen LogP contribution in [-0.2, 0) is 0 Å². The average molecular weight is 294 g/mol. The zero-order valence-electron chi connectivity index (χ0n) is 11.0. The Morgan fingerprint density at radius 3 is 2.70 bits per heavy atom. The summed E-state index contributed by atoms with van der Waals surface area (Å²) in [6.07, 6.45) is 0. The normalized spacial score (nSPS) is 10.2. The molecule has 0 spiro atoms. The SMILES string of the molecule is COc1ccc(C)cc1NC(=O)c1c(F)cccc1Cl. The van der Waals surface area contributed by atoms with Crippen molar-refractivity contribution in [3.8, 4) is 5.75 Å². The number of methoxy groups -OCH3 is 1. The molecular weight excluding hydrogens is 281 g/mol. The van der Waals surface area contributed by atoms with Crippen LogP contribution in [0, 0.1) is 12.7 Å². The molecule has 0 aliphatic heterocycles. The van der Waals surface area contributed by atoms with Crippen LogP contribution in [-0.4, -0.2) is 13.0 Å². The Labute approximate surface area is 121 Å². The molecule has 20 heavy (non-hydrogen) atoms. The number of nitrogens with one attached hydrogen (secondary N) is 1. The van der Waals surface area contributed by atoms with Crippen molar-refractivity contribution in [2.75, 3.05) is 12.4 Å². The van der Waals surface area contributed by atoms with Gasteiger partial charge in [-0.15, -0.1) is 0 Å². The van der Waals surface area contributed by atoms with Crippen LogP contribution in [0.1, 0.15) is 15.9 Å². The van der Waals surface area contributed by atoms with Crippen LogP contribution < -0.4 is 10.1 Å². The molecule has 1 amide bonds. The van der Waals surface area contributed by atoms with Crippen molar-refractivity contribution in [1.29, 1.82) is 0 Å². The second-order valence-corrected chi connectivity index (χ2v) is 4.66. The van der Waals surface area contributed by atoms with Gasteiger partial charge in [-0.05, 0) is 36.8 Å². The highest BCUT2D eigenvalue weighted by molar-refractivity contribution is 6.34. The third kappa shape index (κ3) is 2.91. The Morgan fingerprint density at radius 2 is 2.05 bits per heavy atom. The van der Waals surface area contributed by atoms with Gasteiger partial charge in [0.2, 0.25) is 0 Å². The second kappa shape index (κ2) is 5.92. The number of rotatable bonds is 3. The third-order valence-corrected chi connectivity index (χ3v) is 3.11. The van der Waals surface area contributed by atoms with E-state index in [2.05, 4.69) is 5.32 Å². The molecule has 0 aliphatic carbocycles. The molecule has 0 fully saturated rings. The number of amides is 1. The van der Waals surface area contributed by atoms with Crippen LogP contribution in [0.3, 0.4) is 0 Å². The Hall–Kier alpha value is -2.07. The van der Waals surface area contributed by atoms with Crippen LogP contribution in [0.2, 0.25) is 5.02 Å². The smallest absolute Gasteiger partial charge is 0.260 e. The van der Waals surface area contributed by atoms with Crippen molar-refractivity contribution in [2.24, 2.45) is 0 Å². The van der Waals surface area contributed by atoms with Crippen molar-refractivity contribution in [1.82, 2.24) is 0 Å². The predicted molar refractivity (Wildman–Crippen MR) is 77.1 cm³/mol. The summed E-state index contributed by atoms with van der Waals surface area (Å²) >= 11 is 5.86. The molecule has 0 aromatic heterocycles. The van der Waals surface area contributed by atoms with Crippen molar-refractivity contribution < 1.29 is 13.9 Å². The maximum Gasteiger partial charge on any atom is 0.260 e. The summed E-state index contributed by atoms with van der Waals surface area (Å²) in [6.45, 7) is 1.88. The van der Waals surface area contributed by atoms with Crippen LogP contribution in [0.5, 0.6) is 5.75 Å². The van der Waals surface area contributed by atoms with Gasteiger partial charge in [0, 0.05) is 0 Å². The van der Waals surface area contributed by atoms with Crippen molar-refractivity contribution in [2.45, 2.75) is 6.92 Å². The lowest BCUT2D eigenvalue weighted by Crippen LogP contribution is -2.15.